The van der Waals surface area contributed by atoms with Crippen LogP contribution in [0.3, 0.4) is 0 Å². The van der Waals surface area contributed by atoms with Crippen molar-refractivity contribution >= 4 is 17.7 Å². The van der Waals surface area contributed by atoms with E-state index in [1.807, 2.05) is 0 Å². The van der Waals surface area contributed by atoms with Crippen molar-refractivity contribution in [1.29, 1.82) is 0 Å². The van der Waals surface area contributed by atoms with Crippen LogP contribution in [-0.2, 0) is 14.3 Å². The molecule has 0 radical (unpaired) electrons. The molecule has 0 spiro atoms. The maximum atomic E-state index is 13.9. The summed E-state index contributed by atoms with van der Waals surface area (Å²) in [4.78, 5) is 27.4. The van der Waals surface area contributed by atoms with Crippen molar-refractivity contribution in [3.8, 4) is 11.5 Å². The summed E-state index contributed by atoms with van der Waals surface area (Å²) in [7, 11) is 1.50. The Morgan fingerprint density at radius 3 is 2.77 bits per heavy atom. The normalized spacial score (nSPS) is 17.6. The zero-order valence-corrected chi connectivity index (χ0v) is 17.0. The van der Waals surface area contributed by atoms with Crippen LogP contribution in [0.4, 0.5) is 14.9 Å². The number of anilines is 1. The van der Waals surface area contributed by atoms with E-state index in [0.29, 0.717) is 28.4 Å². The van der Waals surface area contributed by atoms with E-state index in [-0.39, 0.29) is 25.6 Å². The first-order valence-corrected chi connectivity index (χ1v) is 9.62. The maximum Gasteiger partial charge on any atom is 0.338 e. The first-order valence-electron chi connectivity index (χ1n) is 9.62. The number of nitrogens with one attached hydrogen (secondary N) is 1. The van der Waals surface area contributed by atoms with Gasteiger partial charge in [0, 0.05) is 18.9 Å². The van der Waals surface area contributed by atoms with E-state index in [0.717, 1.165) is 0 Å². The van der Waals surface area contributed by atoms with Gasteiger partial charge in [0.15, 0.2) is 11.5 Å². The molecular weight excluding hydrogens is 407 g/mol. The number of allylic oxidation sites excluding steroid dienone is 1. The number of rotatable bonds is 6. The van der Waals surface area contributed by atoms with Crippen molar-refractivity contribution in [1.82, 2.24) is 5.32 Å². The summed E-state index contributed by atoms with van der Waals surface area (Å²) in [5.74, 6) is -0.0431. The lowest BCUT2D eigenvalue weighted by Crippen LogP contribution is -2.48. The van der Waals surface area contributed by atoms with E-state index in [1.54, 1.807) is 31.2 Å². The molecule has 0 saturated carbocycles. The molecule has 1 N–H and O–H groups in total. The van der Waals surface area contributed by atoms with Crippen LogP contribution < -0.4 is 19.7 Å². The van der Waals surface area contributed by atoms with E-state index in [9.17, 15) is 14.0 Å². The Balaban J connectivity index is 1.77. The predicted octanol–water partition coefficient (Wildman–Crippen LogP) is 3.29. The summed E-state index contributed by atoms with van der Waals surface area (Å²) in [5.41, 5.74) is 1.47. The average molecular weight is 428 g/mol. The molecule has 2 aromatic rings. The summed E-state index contributed by atoms with van der Waals surface area (Å²) in [5, 5.41) is 2.79. The number of amides is 2. The van der Waals surface area contributed by atoms with Gasteiger partial charge >= 0.3 is 12.0 Å². The number of ether oxygens (including phenoxy) is 4. The van der Waals surface area contributed by atoms with Crippen LogP contribution in [0.2, 0.25) is 0 Å². The second kappa shape index (κ2) is 8.65. The molecular formula is C22H21FN2O6. The molecule has 162 valence electrons. The number of nitrogens with zero attached hydrogens (tertiary/aromatic N) is 1. The summed E-state index contributed by atoms with van der Waals surface area (Å²) in [6.07, 6.45) is 0. The molecule has 1 atom stereocenters. The molecule has 2 aliphatic rings. The van der Waals surface area contributed by atoms with E-state index in [2.05, 4.69) is 5.32 Å². The third kappa shape index (κ3) is 4.04. The Labute approximate surface area is 178 Å². The summed E-state index contributed by atoms with van der Waals surface area (Å²) in [6.45, 7) is 2.00. The number of urea groups is 1. The highest BCUT2D eigenvalue weighted by molar-refractivity contribution is 6.03. The Morgan fingerprint density at radius 1 is 1.19 bits per heavy atom. The lowest BCUT2D eigenvalue weighted by atomic mass is 9.94. The minimum Gasteiger partial charge on any atom is -0.460 e. The van der Waals surface area contributed by atoms with Crippen LogP contribution in [0.15, 0.2) is 53.7 Å². The Bertz CT molecular complexity index is 1050. The molecule has 0 bridgehead atoms. The van der Waals surface area contributed by atoms with Crippen molar-refractivity contribution in [3.63, 3.8) is 0 Å². The van der Waals surface area contributed by atoms with Gasteiger partial charge in [0.25, 0.3) is 0 Å². The zero-order valence-electron chi connectivity index (χ0n) is 17.0. The highest BCUT2D eigenvalue weighted by Crippen LogP contribution is 2.39. The molecule has 9 heteroatoms. The van der Waals surface area contributed by atoms with Crippen molar-refractivity contribution in [2.45, 2.75) is 13.0 Å². The first-order chi connectivity index (χ1) is 15.0. The number of esters is 1. The number of hydrogen-bond donors (Lipinski definition) is 1. The van der Waals surface area contributed by atoms with Gasteiger partial charge in [0.2, 0.25) is 6.79 Å². The monoisotopic (exact) mass is 428 g/mol. The molecule has 31 heavy (non-hydrogen) atoms. The summed E-state index contributed by atoms with van der Waals surface area (Å²) >= 11 is 0. The van der Waals surface area contributed by atoms with Crippen LogP contribution in [-0.4, -0.2) is 39.1 Å². The predicted molar refractivity (Wildman–Crippen MR) is 108 cm³/mol. The Hall–Kier alpha value is -3.59. The van der Waals surface area contributed by atoms with Crippen molar-refractivity contribution in [2.75, 3.05) is 32.0 Å². The highest BCUT2D eigenvalue weighted by atomic mass is 19.1. The Kier molecular flexibility index (Phi) is 5.77. The lowest BCUT2D eigenvalue weighted by molar-refractivity contribution is -0.140. The molecule has 2 aromatic carbocycles. The van der Waals surface area contributed by atoms with Gasteiger partial charge in [-0.2, -0.15) is 0 Å². The number of fused-ring (bicyclic) bond motifs is 1. The molecule has 2 heterocycles. The van der Waals surface area contributed by atoms with Gasteiger partial charge in [-0.15, -0.1) is 0 Å². The SMILES string of the molecule is COCCOC(=O)C1=C(C)N(c2ccc3c(c2)OCO3)C(=O)NC1c1cccc(F)c1. The molecule has 0 fully saturated rings. The fraction of sp³-hybridized carbons (Fsp3) is 0.273. The van der Waals surface area contributed by atoms with Crippen molar-refractivity contribution in [3.05, 3.63) is 65.1 Å². The topological polar surface area (TPSA) is 86.3 Å². The van der Waals surface area contributed by atoms with E-state index in [1.165, 1.54) is 30.2 Å². The third-order valence-electron chi connectivity index (χ3n) is 5.02. The fourth-order valence-electron chi connectivity index (χ4n) is 3.57. The first kappa shape index (κ1) is 20.7. The van der Waals surface area contributed by atoms with Gasteiger partial charge in [-0.25, -0.2) is 14.0 Å². The average Bonchev–Trinajstić information content (AvgIpc) is 3.21. The molecule has 2 amide bonds. The lowest BCUT2D eigenvalue weighted by Gasteiger charge is -2.35. The van der Waals surface area contributed by atoms with Crippen molar-refractivity contribution in [2.24, 2.45) is 0 Å². The van der Waals surface area contributed by atoms with Gasteiger partial charge in [-0.1, -0.05) is 12.1 Å². The molecule has 2 aliphatic heterocycles. The van der Waals surface area contributed by atoms with Crippen molar-refractivity contribution < 1.29 is 32.9 Å². The highest BCUT2D eigenvalue weighted by Gasteiger charge is 2.37. The molecule has 8 nitrogen and oxygen atoms in total. The summed E-state index contributed by atoms with van der Waals surface area (Å²) in [6, 6.07) is 9.41. The minimum absolute atomic E-state index is 0.0416. The number of hydrogen-bond acceptors (Lipinski definition) is 6. The number of carbonyl (C=O) groups excluding carboxylic acids is 2. The van der Waals surface area contributed by atoms with Gasteiger partial charge in [0.1, 0.15) is 12.4 Å². The van der Waals surface area contributed by atoms with E-state index in [4.69, 9.17) is 18.9 Å². The van der Waals surface area contributed by atoms with Crippen LogP contribution in [0.25, 0.3) is 0 Å². The maximum absolute atomic E-state index is 13.9. The minimum atomic E-state index is -0.872. The Morgan fingerprint density at radius 2 is 2.00 bits per heavy atom. The smallest absolute Gasteiger partial charge is 0.338 e. The molecule has 0 aliphatic carbocycles. The molecule has 0 saturated heterocycles. The van der Waals surface area contributed by atoms with Gasteiger partial charge in [-0.3, -0.25) is 4.90 Å². The molecule has 4 rings (SSSR count). The van der Waals surface area contributed by atoms with Gasteiger partial charge in [-0.05, 0) is 36.8 Å². The largest absolute Gasteiger partial charge is 0.460 e. The molecule has 1 unspecified atom stereocenters. The quantitative estimate of drug-likeness (QED) is 0.561. The van der Waals surface area contributed by atoms with E-state index >= 15 is 0 Å². The number of halogens is 1. The standard InChI is InChI=1S/C22H21FN2O6/c1-13-19(21(26)29-9-8-28-2)20(14-4-3-5-15(23)10-14)24-22(27)25(13)16-6-7-17-18(11-16)31-12-30-17/h3-7,10-11,20H,8-9,12H2,1-2H3,(H,24,27). The molecule has 0 aromatic heterocycles. The van der Waals surface area contributed by atoms with Crippen LogP contribution in [0.1, 0.15) is 18.5 Å². The van der Waals surface area contributed by atoms with Gasteiger partial charge < -0.3 is 24.3 Å². The summed E-state index contributed by atoms with van der Waals surface area (Å²) < 4.78 is 34.8. The van der Waals surface area contributed by atoms with Gasteiger partial charge in [0.05, 0.1) is 23.9 Å². The van der Waals surface area contributed by atoms with Crippen LogP contribution in [0, 0.1) is 5.82 Å². The van der Waals surface area contributed by atoms with E-state index < -0.39 is 23.9 Å². The second-order valence-electron chi connectivity index (χ2n) is 6.94. The number of carbonyl (C=O) groups is 2. The zero-order chi connectivity index (χ0) is 22.0. The van der Waals surface area contributed by atoms with Crippen LogP contribution >= 0.6 is 0 Å². The third-order valence-corrected chi connectivity index (χ3v) is 5.02. The number of benzene rings is 2. The fourth-order valence-corrected chi connectivity index (χ4v) is 3.57. The number of methoxy groups -OCH3 is 1. The second-order valence-corrected chi connectivity index (χ2v) is 6.94. The van der Waals surface area contributed by atoms with Crippen LogP contribution in [0.5, 0.6) is 11.5 Å².